The lowest BCUT2D eigenvalue weighted by atomic mass is 10.2. The molecule has 0 aliphatic carbocycles. The number of halogens is 2. The van der Waals surface area contributed by atoms with Crippen molar-refractivity contribution in [1.29, 1.82) is 0 Å². The molecule has 0 saturated carbocycles. The minimum atomic E-state index is 0.762. The van der Waals surface area contributed by atoms with Crippen LogP contribution in [-0.4, -0.2) is 24.7 Å². The number of hydrogen-bond donors (Lipinski definition) is 1. The Morgan fingerprint density at radius 1 is 1.20 bits per heavy atom. The molecule has 0 heterocycles. The van der Waals surface area contributed by atoms with E-state index < -0.39 is 0 Å². The second kappa shape index (κ2) is 10.9. The summed E-state index contributed by atoms with van der Waals surface area (Å²) < 4.78 is 7.90. The molecule has 1 rings (SSSR count). The summed E-state index contributed by atoms with van der Waals surface area (Å²) in [6, 6.07) is 4.26. The van der Waals surface area contributed by atoms with E-state index in [0.717, 1.165) is 53.0 Å². The maximum Gasteiger partial charge on any atom is 0.147 e. The molecule has 0 atom stereocenters. The highest BCUT2D eigenvalue weighted by Crippen LogP contribution is 2.34. The summed E-state index contributed by atoms with van der Waals surface area (Å²) in [7, 11) is 0. The Bertz CT molecular complexity index is 378. The molecule has 0 aliphatic rings. The number of nitrogens with one attached hydrogen (secondary N) is 1. The molecule has 0 spiro atoms. The van der Waals surface area contributed by atoms with Crippen LogP contribution >= 0.6 is 43.6 Å². The number of ether oxygens (including phenoxy) is 1. The summed E-state index contributed by atoms with van der Waals surface area (Å²) in [5, 5.41) is 3.41. The highest BCUT2D eigenvalue weighted by molar-refractivity contribution is 9.11. The van der Waals surface area contributed by atoms with Crippen LogP contribution in [0.1, 0.15) is 32.3 Å². The molecule has 1 N–H and O–H groups in total. The van der Waals surface area contributed by atoms with Crippen LogP contribution in [0.15, 0.2) is 21.1 Å². The van der Waals surface area contributed by atoms with Gasteiger partial charge in [0.1, 0.15) is 5.75 Å². The van der Waals surface area contributed by atoms with Gasteiger partial charge in [0.25, 0.3) is 0 Å². The molecule has 2 nitrogen and oxygen atoms in total. The molecule has 0 bridgehead atoms. The van der Waals surface area contributed by atoms with Crippen molar-refractivity contribution in [2.24, 2.45) is 0 Å². The fourth-order valence-electron chi connectivity index (χ4n) is 1.74. The quantitative estimate of drug-likeness (QED) is 0.519. The van der Waals surface area contributed by atoms with Crippen LogP contribution in [0.2, 0.25) is 0 Å². The van der Waals surface area contributed by atoms with Crippen molar-refractivity contribution in [1.82, 2.24) is 5.32 Å². The first kappa shape index (κ1) is 18.3. The summed E-state index contributed by atoms with van der Waals surface area (Å²) in [5.41, 5.74) is 1.26. The smallest absolute Gasteiger partial charge is 0.147 e. The first-order chi connectivity index (χ1) is 9.69. The van der Waals surface area contributed by atoms with Crippen LogP contribution in [0.25, 0.3) is 0 Å². The number of hydrogen-bond acceptors (Lipinski definition) is 3. The van der Waals surface area contributed by atoms with Crippen molar-refractivity contribution in [3.8, 4) is 5.75 Å². The van der Waals surface area contributed by atoms with Gasteiger partial charge < -0.3 is 10.1 Å². The third kappa shape index (κ3) is 6.83. The molecule has 0 aliphatic heterocycles. The summed E-state index contributed by atoms with van der Waals surface area (Å²) in [6.45, 7) is 7.05. The molecule has 0 aromatic heterocycles. The van der Waals surface area contributed by atoms with Gasteiger partial charge in [0, 0.05) is 6.54 Å². The number of benzene rings is 1. The van der Waals surface area contributed by atoms with E-state index in [9.17, 15) is 0 Å². The Kier molecular flexibility index (Phi) is 10.0. The lowest BCUT2D eigenvalue weighted by Gasteiger charge is -2.12. The molecule has 1 aromatic rings. The lowest BCUT2D eigenvalue weighted by Crippen LogP contribution is -2.13. The molecular formula is C15H23Br2NOS. The van der Waals surface area contributed by atoms with Gasteiger partial charge in [-0.05, 0) is 80.4 Å². The molecule has 1 aromatic carbocycles. The van der Waals surface area contributed by atoms with E-state index in [4.69, 9.17) is 4.74 Å². The number of rotatable bonds is 10. The van der Waals surface area contributed by atoms with Gasteiger partial charge in [-0.1, -0.05) is 13.8 Å². The zero-order chi connectivity index (χ0) is 14.8. The van der Waals surface area contributed by atoms with Gasteiger partial charge in [-0.2, -0.15) is 11.8 Å². The Balaban J connectivity index is 2.51. The van der Waals surface area contributed by atoms with E-state index in [1.54, 1.807) is 0 Å². The van der Waals surface area contributed by atoms with Crippen LogP contribution in [0, 0.1) is 0 Å². The zero-order valence-electron chi connectivity index (χ0n) is 12.2. The van der Waals surface area contributed by atoms with E-state index >= 15 is 0 Å². The van der Waals surface area contributed by atoms with Gasteiger partial charge in [-0.25, -0.2) is 0 Å². The Labute approximate surface area is 143 Å². The maximum atomic E-state index is 5.87. The van der Waals surface area contributed by atoms with E-state index in [2.05, 4.69) is 63.2 Å². The van der Waals surface area contributed by atoms with Crippen molar-refractivity contribution in [3.05, 3.63) is 26.6 Å². The molecular weight excluding hydrogens is 402 g/mol. The first-order valence-electron chi connectivity index (χ1n) is 7.08. The molecule has 20 heavy (non-hydrogen) atoms. The molecule has 0 fully saturated rings. The average Bonchev–Trinajstić information content (AvgIpc) is 2.41. The largest absolute Gasteiger partial charge is 0.491 e. The fraction of sp³-hybridized carbons (Fsp3) is 0.600. The van der Waals surface area contributed by atoms with E-state index in [1.807, 2.05) is 11.8 Å². The van der Waals surface area contributed by atoms with E-state index in [1.165, 1.54) is 11.3 Å². The van der Waals surface area contributed by atoms with Crippen LogP contribution in [0.4, 0.5) is 0 Å². The van der Waals surface area contributed by atoms with Gasteiger partial charge in [0.15, 0.2) is 0 Å². The minimum absolute atomic E-state index is 0.762. The van der Waals surface area contributed by atoms with E-state index in [0.29, 0.717) is 0 Å². The summed E-state index contributed by atoms with van der Waals surface area (Å²) in [5.74, 6) is 3.24. The van der Waals surface area contributed by atoms with Gasteiger partial charge in [0.2, 0.25) is 0 Å². The molecule has 0 saturated heterocycles. The molecule has 0 unspecified atom stereocenters. The Morgan fingerprint density at radius 2 is 1.90 bits per heavy atom. The van der Waals surface area contributed by atoms with Gasteiger partial charge >= 0.3 is 0 Å². The third-order valence-electron chi connectivity index (χ3n) is 2.70. The molecule has 0 radical (unpaired) electrons. The first-order valence-corrected chi connectivity index (χ1v) is 9.82. The summed E-state index contributed by atoms with van der Waals surface area (Å²) >= 11 is 9.16. The topological polar surface area (TPSA) is 21.3 Å². The Hall–Kier alpha value is 0.290. The van der Waals surface area contributed by atoms with Crippen molar-refractivity contribution < 1.29 is 4.74 Å². The second-order valence-corrected chi connectivity index (χ2v) is 7.57. The van der Waals surface area contributed by atoms with Crippen LogP contribution in [0.5, 0.6) is 5.75 Å². The maximum absolute atomic E-state index is 5.87. The minimum Gasteiger partial charge on any atom is -0.491 e. The normalized spacial score (nSPS) is 10.8. The van der Waals surface area contributed by atoms with Crippen molar-refractivity contribution in [2.45, 2.75) is 33.2 Å². The highest BCUT2D eigenvalue weighted by Gasteiger charge is 2.09. The Morgan fingerprint density at radius 3 is 2.50 bits per heavy atom. The molecule has 5 heteroatoms. The predicted molar refractivity (Wildman–Crippen MR) is 97.0 cm³/mol. The van der Waals surface area contributed by atoms with Gasteiger partial charge in [-0.15, -0.1) is 0 Å². The van der Waals surface area contributed by atoms with Crippen molar-refractivity contribution in [2.75, 3.05) is 24.7 Å². The van der Waals surface area contributed by atoms with Crippen LogP contribution < -0.4 is 10.1 Å². The molecule has 0 amide bonds. The standard InChI is InChI=1S/C15H23Br2NOS/c1-3-6-18-11-12-9-13(16)15(14(17)10-12)19-7-5-8-20-4-2/h9-10,18H,3-8,11H2,1-2H3. The SMILES string of the molecule is CCCNCc1cc(Br)c(OCCCSCC)c(Br)c1. The summed E-state index contributed by atoms with van der Waals surface area (Å²) in [6.07, 6.45) is 2.23. The van der Waals surface area contributed by atoms with Gasteiger partial charge in [-0.3, -0.25) is 0 Å². The lowest BCUT2D eigenvalue weighted by molar-refractivity contribution is 0.314. The number of thioether (sulfide) groups is 1. The predicted octanol–water partition coefficient (Wildman–Crippen LogP) is 5.23. The monoisotopic (exact) mass is 423 g/mol. The van der Waals surface area contributed by atoms with Gasteiger partial charge in [0.05, 0.1) is 15.6 Å². The fourth-order valence-corrected chi connectivity index (χ4v) is 3.86. The van der Waals surface area contributed by atoms with Crippen molar-refractivity contribution in [3.63, 3.8) is 0 Å². The second-order valence-electron chi connectivity index (χ2n) is 4.46. The molecule has 114 valence electrons. The van der Waals surface area contributed by atoms with Crippen LogP contribution in [0.3, 0.4) is 0 Å². The highest BCUT2D eigenvalue weighted by atomic mass is 79.9. The average molecular weight is 425 g/mol. The third-order valence-corrected chi connectivity index (χ3v) is 4.86. The van der Waals surface area contributed by atoms with E-state index in [-0.39, 0.29) is 0 Å². The summed E-state index contributed by atoms with van der Waals surface area (Å²) in [4.78, 5) is 0. The zero-order valence-corrected chi connectivity index (χ0v) is 16.2. The van der Waals surface area contributed by atoms with Crippen molar-refractivity contribution >= 4 is 43.6 Å². The van der Waals surface area contributed by atoms with Crippen LogP contribution in [-0.2, 0) is 6.54 Å².